The summed E-state index contributed by atoms with van der Waals surface area (Å²) in [5.74, 6) is 1.65. The van der Waals surface area contributed by atoms with Crippen molar-refractivity contribution in [1.29, 1.82) is 0 Å². The summed E-state index contributed by atoms with van der Waals surface area (Å²) in [5.41, 5.74) is 1.84. The zero-order valence-electron chi connectivity index (χ0n) is 12.1. The molecule has 0 fully saturated rings. The summed E-state index contributed by atoms with van der Waals surface area (Å²) in [6, 6.07) is 15.2. The number of hydrogen-bond acceptors (Lipinski definition) is 4. The van der Waals surface area contributed by atoms with Crippen LogP contribution in [0.25, 0.3) is 6.08 Å². The Balaban J connectivity index is 0.000000133. The maximum Gasteiger partial charge on any atom is 0.126 e. The van der Waals surface area contributed by atoms with Gasteiger partial charge in [-0.1, -0.05) is 42.5 Å². The second-order valence-corrected chi connectivity index (χ2v) is 5.11. The normalized spacial score (nSPS) is 21.4. The van der Waals surface area contributed by atoms with E-state index >= 15 is 0 Å². The first-order chi connectivity index (χ1) is 10.8. The van der Waals surface area contributed by atoms with E-state index in [2.05, 4.69) is 6.08 Å². The minimum absolute atomic E-state index is 0.165. The molecule has 0 saturated carbocycles. The fourth-order valence-corrected chi connectivity index (χ4v) is 2.39. The van der Waals surface area contributed by atoms with Gasteiger partial charge in [-0.2, -0.15) is 0 Å². The van der Waals surface area contributed by atoms with Gasteiger partial charge < -0.3 is 19.7 Å². The Labute approximate surface area is 129 Å². The average molecular weight is 298 g/mol. The van der Waals surface area contributed by atoms with E-state index in [-0.39, 0.29) is 6.61 Å². The average Bonchev–Trinajstić information content (AvgIpc) is 2.59. The first-order valence-electron chi connectivity index (χ1n) is 7.22. The van der Waals surface area contributed by atoms with Crippen LogP contribution in [0, 0.1) is 0 Å². The van der Waals surface area contributed by atoms with E-state index in [9.17, 15) is 10.2 Å². The van der Waals surface area contributed by atoms with Gasteiger partial charge >= 0.3 is 0 Å². The lowest BCUT2D eigenvalue weighted by molar-refractivity contribution is -0.0255. The molecule has 2 N–H and O–H groups in total. The molecule has 0 aromatic heterocycles. The highest BCUT2D eigenvalue weighted by atomic mass is 16.5. The second kappa shape index (κ2) is 6.64. The van der Waals surface area contributed by atoms with Crippen LogP contribution in [0.1, 0.15) is 17.2 Å². The van der Waals surface area contributed by atoms with E-state index in [1.165, 1.54) is 5.56 Å². The molecule has 2 aromatic rings. The molecular formula is C18H18O4. The number of ether oxygens (including phenoxy) is 2. The predicted octanol–water partition coefficient (Wildman–Crippen LogP) is 2.57. The van der Waals surface area contributed by atoms with Gasteiger partial charge in [0.2, 0.25) is 0 Å². The van der Waals surface area contributed by atoms with E-state index in [4.69, 9.17) is 9.47 Å². The fourth-order valence-electron chi connectivity index (χ4n) is 2.39. The predicted molar refractivity (Wildman–Crippen MR) is 83.9 cm³/mol. The Bertz CT molecular complexity index is 666. The van der Waals surface area contributed by atoms with Crippen molar-refractivity contribution in [2.45, 2.75) is 12.2 Å². The third-order valence-electron chi connectivity index (χ3n) is 3.56. The molecule has 0 radical (unpaired) electrons. The maximum atomic E-state index is 9.50. The number of rotatable bonds is 0. The Kier molecular flexibility index (Phi) is 4.42. The minimum atomic E-state index is -0.810. The molecule has 2 aliphatic rings. The third kappa shape index (κ3) is 3.13. The zero-order chi connectivity index (χ0) is 15.4. The summed E-state index contributed by atoms with van der Waals surface area (Å²) >= 11 is 0. The Hall–Kier alpha value is -2.30. The van der Waals surface area contributed by atoms with Crippen molar-refractivity contribution in [3.05, 3.63) is 65.7 Å². The highest BCUT2D eigenvalue weighted by Gasteiger charge is 2.26. The van der Waals surface area contributed by atoms with Crippen molar-refractivity contribution in [1.82, 2.24) is 0 Å². The molecule has 2 unspecified atom stereocenters. The smallest absolute Gasteiger partial charge is 0.126 e. The second-order valence-electron chi connectivity index (χ2n) is 5.11. The quantitative estimate of drug-likeness (QED) is 0.785. The topological polar surface area (TPSA) is 58.9 Å². The number of para-hydroxylation sites is 2. The van der Waals surface area contributed by atoms with E-state index in [1.807, 2.05) is 42.5 Å². The molecular weight excluding hydrogens is 280 g/mol. The van der Waals surface area contributed by atoms with Gasteiger partial charge in [0.1, 0.15) is 36.9 Å². The Morgan fingerprint density at radius 2 is 1.59 bits per heavy atom. The van der Waals surface area contributed by atoms with Crippen LogP contribution in [0.2, 0.25) is 0 Å². The fraction of sp³-hybridized carbons (Fsp3) is 0.222. The monoisotopic (exact) mass is 298 g/mol. The maximum absolute atomic E-state index is 9.50. The van der Waals surface area contributed by atoms with Gasteiger partial charge in [-0.3, -0.25) is 0 Å². The first kappa shape index (κ1) is 14.6. The highest BCUT2D eigenvalue weighted by molar-refractivity contribution is 5.58. The standard InChI is InChI=1S/C9H10O3.C9H8O/c10-7-5-12-8-4-2-1-3-6(8)9(7)11;1-2-6-9-8(4-1)5-3-7-10-9/h1-4,7,9-11H,5H2;1-6H,7H2. The SMILES string of the molecule is C1=Cc2ccccc2OC1.OC1COc2ccccc2C1O. The van der Waals surface area contributed by atoms with Crippen LogP contribution in [0.15, 0.2) is 54.6 Å². The van der Waals surface area contributed by atoms with Crippen LogP contribution in [-0.4, -0.2) is 29.5 Å². The highest BCUT2D eigenvalue weighted by Crippen LogP contribution is 2.31. The first-order valence-corrected chi connectivity index (χ1v) is 7.22. The molecule has 4 heteroatoms. The van der Waals surface area contributed by atoms with E-state index in [0.29, 0.717) is 17.9 Å². The van der Waals surface area contributed by atoms with Crippen LogP contribution < -0.4 is 9.47 Å². The molecule has 2 aliphatic heterocycles. The lowest BCUT2D eigenvalue weighted by Crippen LogP contribution is -2.30. The lowest BCUT2D eigenvalue weighted by atomic mass is 10.0. The van der Waals surface area contributed by atoms with E-state index in [1.54, 1.807) is 12.1 Å². The van der Waals surface area contributed by atoms with Crippen molar-refractivity contribution >= 4 is 6.08 Å². The van der Waals surface area contributed by atoms with Crippen LogP contribution in [0.4, 0.5) is 0 Å². The Morgan fingerprint density at radius 3 is 2.41 bits per heavy atom. The van der Waals surface area contributed by atoms with Crippen molar-refractivity contribution in [2.24, 2.45) is 0 Å². The van der Waals surface area contributed by atoms with Crippen LogP contribution >= 0.6 is 0 Å². The van der Waals surface area contributed by atoms with Crippen LogP contribution in [0.5, 0.6) is 11.5 Å². The summed E-state index contributed by atoms with van der Waals surface area (Å²) < 4.78 is 10.5. The summed E-state index contributed by atoms with van der Waals surface area (Å²) in [6.07, 6.45) is 2.48. The molecule has 0 saturated heterocycles. The summed E-state index contributed by atoms with van der Waals surface area (Å²) in [6.45, 7) is 0.870. The van der Waals surface area contributed by atoms with Crippen LogP contribution in [0.3, 0.4) is 0 Å². The zero-order valence-corrected chi connectivity index (χ0v) is 12.1. The molecule has 2 heterocycles. The molecule has 22 heavy (non-hydrogen) atoms. The molecule has 4 nitrogen and oxygen atoms in total. The van der Waals surface area contributed by atoms with Gasteiger partial charge in [-0.15, -0.1) is 0 Å². The van der Waals surface area contributed by atoms with Crippen molar-refractivity contribution < 1.29 is 19.7 Å². The number of fused-ring (bicyclic) bond motifs is 2. The van der Waals surface area contributed by atoms with Crippen molar-refractivity contribution in [2.75, 3.05) is 13.2 Å². The van der Waals surface area contributed by atoms with Gasteiger partial charge in [0.15, 0.2) is 0 Å². The molecule has 2 aromatic carbocycles. The molecule has 0 spiro atoms. The van der Waals surface area contributed by atoms with E-state index in [0.717, 1.165) is 5.75 Å². The largest absolute Gasteiger partial charge is 0.490 e. The third-order valence-corrected chi connectivity index (χ3v) is 3.56. The molecule has 114 valence electrons. The van der Waals surface area contributed by atoms with Crippen molar-refractivity contribution in [3.8, 4) is 11.5 Å². The van der Waals surface area contributed by atoms with E-state index < -0.39 is 12.2 Å². The Morgan fingerprint density at radius 1 is 0.864 bits per heavy atom. The van der Waals surface area contributed by atoms with Gasteiger partial charge in [0.05, 0.1) is 0 Å². The summed E-state index contributed by atoms with van der Waals surface area (Å²) in [5, 5.41) is 18.7. The van der Waals surface area contributed by atoms with Crippen molar-refractivity contribution in [3.63, 3.8) is 0 Å². The summed E-state index contributed by atoms with van der Waals surface area (Å²) in [4.78, 5) is 0. The number of hydrogen-bond donors (Lipinski definition) is 2. The van der Waals surface area contributed by atoms with Gasteiger partial charge in [0.25, 0.3) is 0 Å². The van der Waals surface area contributed by atoms with Gasteiger partial charge in [-0.25, -0.2) is 0 Å². The van der Waals surface area contributed by atoms with Crippen LogP contribution in [-0.2, 0) is 0 Å². The number of benzene rings is 2. The molecule has 0 bridgehead atoms. The number of aliphatic hydroxyl groups excluding tert-OH is 2. The van der Waals surface area contributed by atoms with Gasteiger partial charge in [-0.05, 0) is 18.2 Å². The molecule has 0 amide bonds. The minimum Gasteiger partial charge on any atom is -0.490 e. The molecule has 4 rings (SSSR count). The lowest BCUT2D eigenvalue weighted by Gasteiger charge is -2.26. The van der Waals surface area contributed by atoms with Gasteiger partial charge in [0, 0.05) is 11.1 Å². The summed E-state index contributed by atoms with van der Waals surface area (Å²) in [7, 11) is 0. The number of aliphatic hydroxyl groups is 2. The molecule has 2 atom stereocenters. The molecule has 0 aliphatic carbocycles.